The van der Waals surface area contributed by atoms with E-state index in [9.17, 15) is 13.2 Å². The fourth-order valence-electron chi connectivity index (χ4n) is 3.93. The van der Waals surface area contributed by atoms with Gasteiger partial charge in [-0.1, -0.05) is 18.2 Å². The number of alkyl halides is 2. The monoisotopic (exact) mass is 445 g/mol. The standard InChI is InChI=1S/C22H19F4N5O/c23-16-11-17-15(10-18(16)30-6-8-32-9-7-30)21(29-22-27-4-5-31(17)22)28-12-13-2-1-3-14(19(13)24)20(25)26/h1-5,10-11,20H,6-9,12H2,(H,27,28,29). The molecule has 3 heterocycles. The summed E-state index contributed by atoms with van der Waals surface area (Å²) in [6.07, 6.45) is 0.313. The molecular formula is C22H19F4N5O. The minimum Gasteiger partial charge on any atom is -0.378 e. The number of halogens is 4. The smallest absolute Gasteiger partial charge is 0.266 e. The first-order chi connectivity index (χ1) is 15.5. The minimum absolute atomic E-state index is 0.0738. The number of benzene rings is 2. The Morgan fingerprint density at radius 1 is 1.12 bits per heavy atom. The van der Waals surface area contributed by atoms with Gasteiger partial charge in [0.15, 0.2) is 0 Å². The van der Waals surface area contributed by atoms with Gasteiger partial charge in [-0.05, 0) is 6.07 Å². The highest BCUT2D eigenvalue weighted by Crippen LogP contribution is 2.32. The van der Waals surface area contributed by atoms with Crippen LogP contribution >= 0.6 is 0 Å². The summed E-state index contributed by atoms with van der Waals surface area (Å²) in [5, 5.41) is 3.63. The van der Waals surface area contributed by atoms with E-state index in [4.69, 9.17) is 4.74 Å². The molecule has 0 spiro atoms. The number of nitrogens with one attached hydrogen (secondary N) is 1. The zero-order valence-corrected chi connectivity index (χ0v) is 16.9. The van der Waals surface area contributed by atoms with E-state index in [1.54, 1.807) is 22.9 Å². The van der Waals surface area contributed by atoms with Gasteiger partial charge < -0.3 is 15.0 Å². The molecule has 4 aromatic rings. The average molecular weight is 445 g/mol. The summed E-state index contributed by atoms with van der Waals surface area (Å²) in [7, 11) is 0. The Morgan fingerprint density at radius 2 is 1.94 bits per heavy atom. The zero-order chi connectivity index (χ0) is 22.2. The van der Waals surface area contributed by atoms with Crippen LogP contribution in [0.4, 0.5) is 29.1 Å². The molecule has 5 rings (SSSR count). The lowest BCUT2D eigenvalue weighted by molar-refractivity contribution is 0.122. The van der Waals surface area contributed by atoms with Crippen molar-refractivity contribution in [3.05, 3.63) is 65.5 Å². The molecule has 1 aliphatic heterocycles. The second-order valence-corrected chi connectivity index (χ2v) is 7.45. The van der Waals surface area contributed by atoms with E-state index in [2.05, 4.69) is 15.3 Å². The number of anilines is 2. The first-order valence-electron chi connectivity index (χ1n) is 10.1. The number of hydrogen-bond donors (Lipinski definition) is 1. The van der Waals surface area contributed by atoms with Crippen LogP contribution in [0.2, 0.25) is 0 Å². The Labute approximate surface area is 180 Å². The fourth-order valence-corrected chi connectivity index (χ4v) is 3.93. The maximum absolute atomic E-state index is 15.0. The fraction of sp³-hybridized carbons (Fsp3) is 0.273. The zero-order valence-electron chi connectivity index (χ0n) is 16.9. The molecule has 1 N–H and O–H groups in total. The van der Waals surface area contributed by atoms with Gasteiger partial charge in [0, 0.05) is 49.0 Å². The quantitative estimate of drug-likeness (QED) is 0.457. The molecule has 2 aromatic heterocycles. The largest absolute Gasteiger partial charge is 0.378 e. The number of nitrogens with zero attached hydrogens (tertiary/aromatic N) is 4. The highest BCUT2D eigenvalue weighted by atomic mass is 19.3. The normalized spacial score (nSPS) is 14.6. The summed E-state index contributed by atoms with van der Waals surface area (Å²) in [5.41, 5.74) is 0.376. The molecule has 6 nitrogen and oxygen atoms in total. The molecule has 166 valence electrons. The van der Waals surface area contributed by atoms with Crippen molar-refractivity contribution in [2.45, 2.75) is 13.0 Å². The van der Waals surface area contributed by atoms with E-state index in [0.29, 0.717) is 54.5 Å². The topological polar surface area (TPSA) is 54.7 Å². The van der Waals surface area contributed by atoms with Gasteiger partial charge >= 0.3 is 0 Å². The Hall–Kier alpha value is -3.40. The van der Waals surface area contributed by atoms with Gasteiger partial charge in [0.1, 0.15) is 17.5 Å². The van der Waals surface area contributed by atoms with Gasteiger partial charge in [-0.2, -0.15) is 4.98 Å². The minimum atomic E-state index is -2.91. The lowest BCUT2D eigenvalue weighted by atomic mass is 10.1. The van der Waals surface area contributed by atoms with E-state index in [0.717, 1.165) is 6.07 Å². The molecule has 2 aromatic carbocycles. The van der Waals surface area contributed by atoms with Crippen LogP contribution in [0, 0.1) is 11.6 Å². The van der Waals surface area contributed by atoms with Gasteiger partial charge in [-0.25, -0.2) is 22.5 Å². The molecule has 0 amide bonds. The van der Waals surface area contributed by atoms with Gasteiger partial charge in [-0.3, -0.25) is 4.40 Å². The van der Waals surface area contributed by atoms with Crippen molar-refractivity contribution in [3.8, 4) is 0 Å². The molecule has 32 heavy (non-hydrogen) atoms. The summed E-state index contributed by atoms with van der Waals surface area (Å²) in [5.74, 6) is -0.654. The number of imidazole rings is 1. The summed E-state index contributed by atoms with van der Waals surface area (Å²) in [4.78, 5) is 10.6. The van der Waals surface area contributed by atoms with Crippen LogP contribution in [0.15, 0.2) is 42.7 Å². The third kappa shape index (κ3) is 3.60. The second-order valence-electron chi connectivity index (χ2n) is 7.45. The van der Waals surface area contributed by atoms with Gasteiger partial charge in [0.05, 0.1) is 30.0 Å². The van der Waals surface area contributed by atoms with E-state index in [1.807, 2.05) is 4.90 Å². The molecule has 1 saturated heterocycles. The first kappa shape index (κ1) is 20.5. The number of rotatable bonds is 5. The van der Waals surface area contributed by atoms with E-state index in [1.165, 1.54) is 18.2 Å². The van der Waals surface area contributed by atoms with Crippen LogP contribution in [0.5, 0.6) is 0 Å². The van der Waals surface area contributed by atoms with Crippen molar-refractivity contribution >= 4 is 28.2 Å². The van der Waals surface area contributed by atoms with Gasteiger partial charge in [-0.15, -0.1) is 0 Å². The van der Waals surface area contributed by atoms with Crippen molar-refractivity contribution in [1.29, 1.82) is 0 Å². The van der Waals surface area contributed by atoms with Crippen molar-refractivity contribution in [2.24, 2.45) is 0 Å². The number of ether oxygens (including phenoxy) is 1. The lowest BCUT2D eigenvalue weighted by Gasteiger charge is -2.29. The molecule has 1 fully saturated rings. The summed E-state index contributed by atoms with van der Waals surface area (Å²) >= 11 is 0. The van der Waals surface area contributed by atoms with E-state index >= 15 is 4.39 Å². The molecule has 0 bridgehead atoms. The van der Waals surface area contributed by atoms with Crippen LogP contribution in [0.1, 0.15) is 17.6 Å². The molecule has 0 aliphatic carbocycles. The summed E-state index contributed by atoms with van der Waals surface area (Å²) in [6, 6.07) is 6.99. The molecule has 0 saturated carbocycles. The van der Waals surface area contributed by atoms with Crippen molar-refractivity contribution in [2.75, 3.05) is 36.5 Å². The third-order valence-corrected chi connectivity index (χ3v) is 5.55. The van der Waals surface area contributed by atoms with Crippen molar-refractivity contribution in [1.82, 2.24) is 14.4 Å². The molecule has 10 heteroatoms. The maximum atomic E-state index is 15.0. The second kappa shape index (κ2) is 8.27. The molecule has 0 atom stereocenters. The van der Waals surface area contributed by atoms with Crippen LogP contribution in [0.25, 0.3) is 16.7 Å². The number of morpholine rings is 1. The first-order valence-corrected chi connectivity index (χ1v) is 10.1. The maximum Gasteiger partial charge on any atom is 0.266 e. The van der Waals surface area contributed by atoms with E-state index < -0.39 is 17.8 Å². The highest BCUT2D eigenvalue weighted by Gasteiger charge is 2.20. The number of hydrogen-bond acceptors (Lipinski definition) is 5. The lowest BCUT2D eigenvalue weighted by Crippen LogP contribution is -2.36. The summed E-state index contributed by atoms with van der Waals surface area (Å²) < 4.78 is 62.6. The van der Waals surface area contributed by atoms with Crippen LogP contribution < -0.4 is 10.2 Å². The van der Waals surface area contributed by atoms with Crippen molar-refractivity contribution in [3.63, 3.8) is 0 Å². The predicted molar refractivity (Wildman–Crippen MR) is 112 cm³/mol. The number of aromatic nitrogens is 3. The van der Waals surface area contributed by atoms with Crippen LogP contribution in [-0.2, 0) is 11.3 Å². The highest BCUT2D eigenvalue weighted by molar-refractivity contribution is 5.94. The van der Waals surface area contributed by atoms with Crippen LogP contribution in [0.3, 0.4) is 0 Å². The van der Waals surface area contributed by atoms with E-state index in [-0.39, 0.29) is 17.9 Å². The SMILES string of the molecule is Fc1cc2c(cc1N1CCOCC1)c(NCc1cccc(C(F)F)c1F)nc1nccn12. The molecule has 0 radical (unpaired) electrons. The van der Waals surface area contributed by atoms with Crippen LogP contribution in [-0.4, -0.2) is 40.7 Å². The third-order valence-electron chi connectivity index (χ3n) is 5.55. The molecule has 1 aliphatic rings. The Kier molecular flexibility index (Phi) is 5.30. The predicted octanol–water partition coefficient (Wildman–Crippen LogP) is 4.55. The number of fused-ring (bicyclic) bond motifs is 3. The Balaban J connectivity index is 1.57. The molecular weight excluding hydrogens is 426 g/mol. The Bertz CT molecular complexity index is 1290. The van der Waals surface area contributed by atoms with Crippen molar-refractivity contribution < 1.29 is 22.3 Å². The molecule has 0 unspecified atom stereocenters. The average Bonchev–Trinajstić information content (AvgIpc) is 3.27. The van der Waals surface area contributed by atoms with Gasteiger partial charge in [0.2, 0.25) is 5.78 Å². The van der Waals surface area contributed by atoms with Gasteiger partial charge in [0.25, 0.3) is 6.43 Å². The summed E-state index contributed by atoms with van der Waals surface area (Å²) in [6.45, 7) is 2.03. The Morgan fingerprint density at radius 3 is 2.72 bits per heavy atom.